The quantitative estimate of drug-likeness (QED) is 0.589. The fraction of sp³-hybridized carbons (Fsp3) is 0.500. The van der Waals surface area contributed by atoms with E-state index >= 15 is 0 Å². The van der Waals surface area contributed by atoms with Crippen LogP contribution < -0.4 is 0 Å². The molecule has 1 aliphatic rings. The smallest absolute Gasteiger partial charge is 0.337 e. The van der Waals surface area contributed by atoms with Gasteiger partial charge in [-0.2, -0.15) is 0 Å². The first kappa shape index (κ1) is 18.3. The van der Waals surface area contributed by atoms with Crippen LogP contribution in [0.2, 0.25) is 0 Å². The number of esters is 1. The Hall–Kier alpha value is -2.05. The third kappa shape index (κ3) is 4.07. The van der Waals surface area contributed by atoms with E-state index in [0.29, 0.717) is 18.6 Å². The standard InChI is InChI=1S/C18H24N2O4/c1-6-23-17(21)15-7-9-18(22-5,10-8-15)24-11-16-14(4)19-12(2)13(3)20-16/h7-9H,6,10-11H2,1-5H3. The van der Waals surface area contributed by atoms with Gasteiger partial charge in [0.05, 0.1) is 41.6 Å². The highest BCUT2D eigenvalue weighted by molar-refractivity contribution is 5.91. The minimum atomic E-state index is -0.914. The number of methoxy groups -OCH3 is 1. The number of carbonyl (C=O) groups is 1. The van der Waals surface area contributed by atoms with Crippen LogP contribution in [0.15, 0.2) is 23.8 Å². The van der Waals surface area contributed by atoms with Crippen LogP contribution in [0.5, 0.6) is 0 Å². The van der Waals surface area contributed by atoms with E-state index in [-0.39, 0.29) is 12.6 Å². The van der Waals surface area contributed by atoms with E-state index in [4.69, 9.17) is 14.2 Å². The molecule has 1 unspecified atom stereocenters. The van der Waals surface area contributed by atoms with Gasteiger partial charge in [0, 0.05) is 13.5 Å². The average Bonchev–Trinajstić information content (AvgIpc) is 2.57. The van der Waals surface area contributed by atoms with Gasteiger partial charge in [-0.25, -0.2) is 4.79 Å². The number of hydrogen-bond acceptors (Lipinski definition) is 6. The number of hydrogen-bond donors (Lipinski definition) is 0. The first-order chi connectivity index (χ1) is 11.4. The van der Waals surface area contributed by atoms with Crippen LogP contribution in [0.25, 0.3) is 0 Å². The summed E-state index contributed by atoms with van der Waals surface area (Å²) in [6, 6.07) is 0. The minimum absolute atomic E-state index is 0.278. The molecular weight excluding hydrogens is 308 g/mol. The lowest BCUT2D eigenvalue weighted by Gasteiger charge is -2.30. The van der Waals surface area contributed by atoms with Gasteiger partial charge < -0.3 is 14.2 Å². The Morgan fingerprint density at radius 2 is 1.92 bits per heavy atom. The lowest BCUT2D eigenvalue weighted by molar-refractivity contribution is -0.194. The predicted molar refractivity (Wildman–Crippen MR) is 89.2 cm³/mol. The van der Waals surface area contributed by atoms with Crippen molar-refractivity contribution in [3.63, 3.8) is 0 Å². The Labute approximate surface area is 142 Å². The number of carbonyl (C=O) groups excluding carboxylic acids is 1. The summed E-state index contributed by atoms with van der Waals surface area (Å²) in [7, 11) is 1.58. The molecule has 6 nitrogen and oxygen atoms in total. The molecule has 1 aliphatic carbocycles. The van der Waals surface area contributed by atoms with Crippen molar-refractivity contribution in [1.82, 2.24) is 9.97 Å². The zero-order valence-electron chi connectivity index (χ0n) is 14.9. The molecule has 0 radical (unpaired) electrons. The van der Waals surface area contributed by atoms with Crippen molar-refractivity contribution in [2.24, 2.45) is 0 Å². The van der Waals surface area contributed by atoms with Crippen molar-refractivity contribution in [2.75, 3.05) is 13.7 Å². The molecule has 0 spiro atoms. The lowest BCUT2D eigenvalue weighted by atomic mass is 10.0. The summed E-state index contributed by atoms with van der Waals surface area (Å²) < 4.78 is 16.5. The van der Waals surface area contributed by atoms with Crippen LogP contribution in [-0.2, 0) is 25.6 Å². The van der Waals surface area contributed by atoms with Gasteiger partial charge in [-0.1, -0.05) is 6.08 Å². The predicted octanol–water partition coefficient (Wildman–Crippen LogP) is 2.71. The topological polar surface area (TPSA) is 70.5 Å². The molecular formula is C18H24N2O4. The van der Waals surface area contributed by atoms with E-state index < -0.39 is 5.79 Å². The number of rotatable bonds is 6. The van der Waals surface area contributed by atoms with E-state index in [0.717, 1.165) is 22.8 Å². The van der Waals surface area contributed by atoms with Crippen molar-refractivity contribution in [3.05, 3.63) is 46.6 Å². The molecule has 0 saturated heterocycles. The molecule has 1 atom stereocenters. The molecule has 1 aromatic heterocycles. The number of aromatic nitrogens is 2. The number of nitrogens with zero attached hydrogens (tertiary/aromatic N) is 2. The Morgan fingerprint density at radius 1 is 1.21 bits per heavy atom. The third-order valence-corrected chi connectivity index (χ3v) is 4.01. The first-order valence-corrected chi connectivity index (χ1v) is 7.97. The molecule has 0 aliphatic heterocycles. The fourth-order valence-corrected chi connectivity index (χ4v) is 2.38. The summed E-state index contributed by atoms with van der Waals surface area (Å²) in [5.74, 6) is -1.25. The molecule has 0 saturated carbocycles. The van der Waals surface area contributed by atoms with Crippen molar-refractivity contribution < 1.29 is 19.0 Å². The summed E-state index contributed by atoms with van der Waals surface area (Å²) >= 11 is 0. The van der Waals surface area contributed by atoms with Gasteiger partial charge in [-0.05, 0) is 39.8 Å². The molecule has 1 aromatic rings. The second kappa shape index (κ2) is 7.68. The van der Waals surface area contributed by atoms with E-state index in [1.807, 2.05) is 20.8 Å². The highest BCUT2D eigenvalue weighted by Crippen LogP contribution is 2.27. The zero-order valence-corrected chi connectivity index (χ0v) is 14.9. The Balaban J connectivity index is 2.07. The minimum Gasteiger partial charge on any atom is -0.462 e. The molecule has 0 aromatic carbocycles. The van der Waals surface area contributed by atoms with Crippen LogP contribution in [0.3, 0.4) is 0 Å². The molecule has 0 fully saturated rings. The monoisotopic (exact) mass is 332 g/mol. The lowest BCUT2D eigenvalue weighted by Crippen LogP contribution is -2.34. The van der Waals surface area contributed by atoms with Gasteiger partial charge in [0.2, 0.25) is 0 Å². The number of ether oxygens (including phenoxy) is 3. The average molecular weight is 332 g/mol. The molecule has 130 valence electrons. The van der Waals surface area contributed by atoms with E-state index in [1.165, 1.54) is 0 Å². The van der Waals surface area contributed by atoms with Crippen LogP contribution in [-0.4, -0.2) is 35.4 Å². The summed E-state index contributed by atoms with van der Waals surface area (Å²) in [5, 5.41) is 0. The van der Waals surface area contributed by atoms with Gasteiger partial charge in [0.25, 0.3) is 0 Å². The highest BCUT2D eigenvalue weighted by atomic mass is 16.7. The fourth-order valence-electron chi connectivity index (χ4n) is 2.38. The molecule has 2 rings (SSSR count). The van der Waals surface area contributed by atoms with Gasteiger partial charge in [-0.15, -0.1) is 0 Å². The number of aryl methyl sites for hydroxylation is 3. The van der Waals surface area contributed by atoms with Gasteiger partial charge in [0.1, 0.15) is 0 Å². The highest BCUT2D eigenvalue weighted by Gasteiger charge is 2.31. The normalized spacial score (nSPS) is 20.0. The summed E-state index contributed by atoms with van der Waals surface area (Å²) in [6.45, 7) is 8.17. The molecule has 0 bridgehead atoms. The van der Waals surface area contributed by atoms with Crippen molar-refractivity contribution in [2.45, 2.75) is 46.5 Å². The van der Waals surface area contributed by atoms with E-state index in [2.05, 4.69) is 9.97 Å². The summed E-state index contributed by atoms with van der Waals surface area (Å²) in [4.78, 5) is 20.7. The first-order valence-electron chi connectivity index (χ1n) is 7.97. The molecule has 1 heterocycles. The van der Waals surface area contributed by atoms with E-state index in [9.17, 15) is 4.79 Å². The molecule has 0 N–H and O–H groups in total. The Morgan fingerprint density at radius 3 is 2.50 bits per heavy atom. The van der Waals surface area contributed by atoms with Crippen molar-refractivity contribution in [1.29, 1.82) is 0 Å². The molecule has 24 heavy (non-hydrogen) atoms. The second-order valence-corrected chi connectivity index (χ2v) is 5.65. The maximum atomic E-state index is 11.7. The van der Waals surface area contributed by atoms with Crippen molar-refractivity contribution >= 4 is 5.97 Å². The van der Waals surface area contributed by atoms with E-state index in [1.54, 1.807) is 32.3 Å². The maximum absolute atomic E-state index is 11.7. The van der Waals surface area contributed by atoms with Gasteiger partial charge in [-0.3, -0.25) is 9.97 Å². The third-order valence-electron chi connectivity index (χ3n) is 4.01. The Bertz CT molecular complexity index is 682. The SMILES string of the molecule is CCOC(=O)C1=CCC(OC)(OCc2nc(C)c(C)nc2C)C=C1. The molecule has 6 heteroatoms. The van der Waals surface area contributed by atoms with Crippen molar-refractivity contribution in [3.8, 4) is 0 Å². The second-order valence-electron chi connectivity index (χ2n) is 5.65. The van der Waals surface area contributed by atoms with Gasteiger partial charge >= 0.3 is 5.97 Å². The summed E-state index contributed by atoms with van der Waals surface area (Å²) in [6.07, 6.45) is 5.60. The molecule has 0 amide bonds. The maximum Gasteiger partial charge on any atom is 0.337 e. The zero-order chi connectivity index (χ0) is 17.7. The van der Waals surface area contributed by atoms with Crippen LogP contribution in [0.1, 0.15) is 36.1 Å². The van der Waals surface area contributed by atoms with Crippen LogP contribution in [0, 0.1) is 20.8 Å². The van der Waals surface area contributed by atoms with Gasteiger partial charge in [0.15, 0.2) is 5.79 Å². The van der Waals surface area contributed by atoms with Crippen LogP contribution in [0.4, 0.5) is 0 Å². The largest absolute Gasteiger partial charge is 0.462 e. The summed E-state index contributed by atoms with van der Waals surface area (Å²) in [5.41, 5.74) is 3.93. The van der Waals surface area contributed by atoms with Crippen LogP contribution >= 0.6 is 0 Å². The Kier molecular flexibility index (Phi) is 5.85.